The number of halogens is 1. The van der Waals surface area contributed by atoms with Gasteiger partial charge in [0.15, 0.2) is 5.78 Å². The number of nitrogens with one attached hydrogen (secondary N) is 1. The lowest BCUT2D eigenvalue weighted by molar-refractivity contribution is -0.126. The Bertz CT molecular complexity index is 1340. The van der Waals surface area contributed by atoms with Crippen molar-refractivity contribution >= 4 is 17.8 Å². The van der Waals surface area contributed by atoms with E-state index in [-0.39, 0.29) is 36.5 Å². The lowest BCUT2D eigenvalue weighted by Crippen LogP contribution is -2.51. The number of nitriles is 1. The summed E-state index contributed by atoms with van der Waals surface area (Å²) in [6, 6.07) is 11.8. The van der Waals surface area contributed by atoms with E-state index in [1.54, 1.807) is 43.9 Å². The summed E-state index contributed by atoms with van der Waals surface area (Å²) in [5.74, 6) is -1.41. The predicted molar refractivity (Wildman–Crippen MR) is 138 cm³/mol. The number of amides is 2. The standard InChI is InChI=1S/C30H32FN3O4/c1-30(2,3)38-29(37)34-23-9-8-21(12-23)27(34)26(35)11-17(15-32)10-20-6-4-19(14-25(20)31)18-5-7-22-16-33-28(36)24(22)13-18/h4-7,13-14,17,21,23,27H,8-12,16H2,1-3H3,(H,33,36)/t17-,21+,23-,27+/m1/s1. The Hall–Kier alpha value is -3.73. The molecule has 5 rings (SSSR count). The summed E-state index contributed by atoms with van der Waals surface area (Å²) in [7, 11) is 0. The third kappa shape index (κ3) is 5.02. The van der Waals surface area contributed by atoms with Crippen LogP contribution >= 0.6 is 0 Å². The zero-order valence-electron chi connectivity index (χ0n) is 21.9. The first-order chi connectivity index (χ1) is 18.0. The first-order valence-electron chi connectivity index (χ1n) is 13.2. The van der Waals surface area contributed by atoms with Crippen LogP contribution in [0.1, 0.15) is 67.9 Å². The second-order valence-electron chi connectivity index (χ2n) is 11.6. The van der Waals surface area contributed by atoms with Crippen LogP contribution in [0.5, 0.6) is 0 Å². The molecule has 1 saturated carbocycles. The summed E-state index contributed by atoms with van der Waals surface area (Å²) in [6.07, 6.45) is 2.05. The van der Waals surface area contributed by atoms with Gasteiger partial charge in [0.2, 0.25) is 0 Å². The molecule has 1 aliphatic carbocycles. The minimum Gasteiger partial charge on any atom is -0.444 e. The SMILES string of the molecule is CC(C)(C)OC(=O)N1[C@@H]2CC[C@@H](C2)[C@H]1C(=O)C[C@H](C#N)Cc1ccc(-c2ccc3c(c2)C(=O)NC3)cc1F. The third-order valence-corrected chi connectivity index (χ3v) is 7.80. The molecule has 38 heavy (non-hydrogen) atoms. The number of benzene rings is 2. The molecule has 2 aromatic rings. The highest BCUT2D eigenvalue weighted by Crippen LogP contribution is 2.44. The highest BCUT2D eigenvalue weighted by atomic mass is 19.1. The lowest BCUT2D eigenvalue weighted by Gasteiger charge is -2.35. The average Bonchev–Trinajstić information content (AvgIpc) is 3.58. The van der Waals surface area contributed by atoms with E-state index in [9.17, 15) is 19.6 Å². The number of nitrogens with zero attached hydrogens (tertiary/aromatic N) is 2. The zero-order chi connectivity index (χ0) is 27.2. The molecule has 2 bridgehead atoms. The molecular weight excluding hydrogens is 485 g/mol. The average molecular weight is 518 g/mol. The minimum absolute atomic E-state index is 0.0142. The summed E-state index contributed by atoms with van der Waals surface area (Å²) < 4.78 is 20.7. The van der Waals surface area contributed by atoms with Gasteiger partial charge < -0.3 is 10.1 Å². The lowest BCUT2D eigenvalue weighted by atomic mass is 9.87. The van der Waals surface area contributed by atoms with Gasteiger partial charge in [0.25, 0.3) is 5.91 Å². The molecule has 0 unspecified atom stereocenters. The van der Waals surface area contributed by atoms with Crippen molar-refractivity contribution in [2.24, 2.45) is 11.8 Å². The molecule has 3 aliphatic rings. The predicted octanol–water partition coefficient (Wildman–Crippen LogP) is 5.17. The van der Waals surface area contributed by atoms with E-state index in [4.69, 9.17) is 4.74 Å². The Balaban J connectivity index is 1.28. The second kappa shape index (κ2) is 9.86. The van der Waals surface area contributed by atoms with Crippen molar-refractivity contribution in [2.45, 2.75) is 77.1 Å². The van der Waals surface area contributed by atoms with Crippen LogP contribution in [0.15, 0.2) is 36.4 Å². The summed E-state index contributed by atoms with van der Waals surface area (Å²) in [5, 5.41) is 12.6. The van der Waals surface area contributed by atoms with Gasteiger partial charge in [-0.05, 0) is 86.8 Å². The molecule has 2 amide bonds. The summed E-state index contributed by atoms with van der Waals surface area (Å²) >= 11 is 0. The molecule has 7 nitrogen and oxygen atoms in total. The summed E-state index contributed by atoms with van der Waals surface area (Å²) in [5.41, 5.74) is 2.56. The minimum atomic E-state index is -0.717. The number of carbonyl (C=O) groups excluding carboxylic acids is 3. The number of hydrogen-bond donors (Lipinski definition) is 1. The smallest absolute Gasteiger partial charge is 0.411 e. The Kier molecular flexibility index (Phi) is 6.72. The van der Waals surface area contributed by atoms with E-state index in [2.05, 4.69) is 11.4 Å². The van der Waals surface area contributed by atoms with Crippen molar-refractivity contribution < 1.29 is 23.5 Å². The molecule has 1 saturated heterocycles. The van der Waals surface area contributed by atoms with E-state index in [1.807, 2.05) is 12.1 Å². The van der Waals surface area contributed by atoms with Crippen LogP contribution in [0.4, 0.5) is 9.18 Å². The number of carbonyl (C=O) groups is 3. The van der Waals surface area contributed by atoms with Crippen LogP contribution in [0.3, 0.4) is 0 Å². The van der Waals surface area contributed by atoms with Gasteiger partial charge in [-0.15, -0.1) is 0 Å². The van der Waals surface area contributed by atoms with E-state index in [1.165, 1.54) is 6.07 Å². The molecule has 0 radical (unpaired) electrons. The highest BCUT2D eigenvalue weighted by molar-refractivity contribution is 5.99. The number of rotatable bonds is 6. The zero-order valence-corrected chi connectivity index (χ0v) is 21.9. The van der Waals surface area contributed by atoms with Crippen LogP contribution in [0, 0.1) is 29.0 Å². The van der Waals surface area contributed by atoms with Gasteiger partial charge in [-0.1, -0.05) is 24.3 Å². The Morgan fingerprint density at radius 3 is 2.63 bits per heavy atom. The highest BCUT2D eigenvalue weighted by Gasteiger charge is 2.52. The molecule has 8 heteroatoms. The number of fused-ring (bicyclic) bond motifs is 3. The van der Waals surface area contributed by atoms with E-state index < -0.39 is 29.5 Å². The third-order valence-electron chi connectivity index (χ3n) is 7.80. The Morgan fingerprint density at radius 2 is 1.92 bits per heavy atom. The summed E-state index contributed by atoms with van der Waals surface area (Å²) in [6.45, 7) is 5.88. The molecule has 0 spiro atoms. The van der Waals surface area contributed by atoms with Gasteiger partial charge in [-0.2, -0.15) is 5.26 Å². The topological polar surface area (TPSA) is 99.5 Å². The molecule has 198 valence electrons. The van der Waals surface area contributed by atoms with Crippen LogP contribution in [0.25, 0.3) is 11.1 Å². The number of Topliss-reactive ketones (excluding diaryl/α,β-unsaturated/α-hetero) is 1. The molecule has 2 aliphatic heterocycles. The number of likely N-dealkylation sites (tertiary alicyclic amines) is 1. The number of piperidine rings is 1. The maximum atomic E-state index is 15.1. The first-order valence-corrected chi connectivity index (χ1v) is 13.2. The van der Waals surface area contributed by atoms with Gasteiger partial charge in [0, 0.05) is 24.6 Å². The van der Waals surface area contributed by atoms with Crippen molar-refractivity contribution in [1.82, 2.24) is 10.2 Å². The molecule has 1 N–H and O–H groups in total. The van der Waals surface area contributed by atoms with Gasteiger partial charge in [-0.3, -0.25) is 14.5 Å². The molecule has 4 atom stereocenters. The van der Waals surface area contributed by atoms with Crippen molar-refractivity contribution in [3.05, 3.63) is 58.9 Å². The molecule has 2 aromatic carbocycles. The summed E-state index contributed by atoms with van der Waals surface area (Å²) in [4.78, 5) is 39.9. The Labute approximate surface area is 222 Å². The van der Waals surface area contributed by atoms with Crippen LogP contribution in [0.2, 0.25) is 0 Å². The van der Waals surface area contributed by atoms with E-state index in [0.717, 1.165) is 30.4 Å². The van der Waals surface area contributed by atoms with Gasteiger partial charge in [-0.25, -0.2) is 9.18 Å². The fraction of sp³-hybridized carbons (Fsp3) is 0.467. The second-order valence-corrected chi connectivity index (χ2v) is 11.6. The van der Waals surface area contributed by atoms with Crippen LogP contribution in [-0.2, 0) is 22.5 Å². The molecule has 2 heterocycles. The maximum Gasteiger partial charge on any atom is 0.411 e. The monoisotopic (exact) mass is 517 g/mol. The number of hydrogen-bond acceptors (Lipinski definition) is 5. The maximum absolute atomic E-state index is 15.1. The quantitative estimate of drug-likeness (QED) is 0.570. The first kappa shape index (κ1) is 25.9. The van der Waals surface area contributed by atoms with Gasteiger partial charge in [0.05, 0.1) is 18.0 Å². The van der Waals surface area contributed by atoms with Crippen molar-refractivity contribution in [3.63, 3.8) is 0 Å². The Morgan fingerprint density at radius 1 is 1.18 bits per heavy atom. The normalized spacial score (nSPS) is 22.6. The number of ether oxygens (including phenoxy) is 1. The molecule has 2 fully saturated rings. The van der Waals surface area contributed by atoms with E-state index in [0.29, 0.717) is 23.2 Å². The van der Waals surface area contributed by atoms with Crippen molar-refractivity contribution in [3.8, 4) is 17.2 Å². The van der Waals surface area contributed by atoms with Gasteiger partial charge in [0.1, 0.15) is 11.4 Å². The largest absolute Gasteiger partial charge is 0.444 e. The van der Waals surface area contributed by atoms with Crippen molar-refractivity contribution in [1.29, 1.82) is 5.26 Å². The van der Waals surface area contributed by atoms with Gasteiger partial charge >= 0.3 is 6.09 Å². The molecule has 0 aromatic heterocycles. The van der Waals surface area contributed by atoms with Crippen LogP contribution < -0.4 is 5.32 Å². The van der Waals surface area contributed by atoms with E-state index >= 15 is 4.39 Å². The fourth-order valence-electron chi connectivity index (χ4n) is 6.06. The number of ketones is 1. The fourth-order valence-corrected chi connectivity index (χ4v) is 6.06. The van der Waals surface area contributed by atoms with Crippen LogP contribution in [-0.4, -0.2) is 40.4 Å². The molecular formula is C30H32FN3O4. The van der Waals surface area contributed by atoms with Crippen molar-refractivity contribution in [2.75, 3.05) is 0 Å².